The van der Waals surface area contributed by atoms with E-state index in [1.165, 1.54) is 17.1 Å². The predicted octanol–water partition coefficient (Wildman–Crippen LogP) is 4.54. The minimum atomic E-state index is -3.99. The van der Waals surface area contributed by atoms with E-state index in [1.54, 1.807) is 31.3 Å². The summed E-state index contributed by atoms with van der Waals surface area (Å²) in [6.07, 6.45) is 3.47. The number of hydrogen-bond donors (Lipinski definition) is 2. The number of aromatic nitrogens is 4. The fourth-order valence-electron chi connectivity index (χ4n) is 3.94. The molecule has 0 aliphatic carbocycles. The Hall–Kier alpha value is -4.25. The summed E-state index contributed by atoms with van der Waals surface area (Å²) < 4.78 is 35.9. The first-order chi connectivity index (χ1) is 18.1. The van der Waals surface area contributed by atoms with Crippen molar-refractivity contribution >= 4 is 21.9 Å². The van der Waals surface area contributed by atoms with Crippen molar-refractivity contribution in [3.05, 3.63) is 77.1 Å². The molecule has 0 spiro atoms. The molecule has 1 amide bonds. The van der Waals surface area contributed by atoms with E-state index >= 15 is 0 Å². The summed E-state index contributed by atoms with van der Waals surface area (Å²) >= 11 is 0. The molecule has 11 heteroatoms. The minimum absolute atomic E-state index is 0.0173. The Morgan fingerprint density at radius 2 is 1.76 bits per heavy atom. The van der Waals surface area contributed by atoms with Gasteiger partial charge in [-0.15, -0.1) is 0 Å². The summed E-state index contributed by atoms with van der Waals surface area (Å²) in [5, 5.41) is 6.79. The van der Waals surface area contributed by atoms with E-state index < -0.39 is 10.0 Å². The molecular formula is C27H30N6O4S. The number of anilines is 1. The molecule has 10 nitrogen and oxygen atoms in total. The van der Waals surface area contributed by atoms with E-state index in [1.807, 2.05) is 45.9 Å². The number of aryl methyl sites for hydroxylation is 4. The number of carbonyl (C=O) groups excluding carboxylic acids is 1. The maximum atomic E-state index is 13.0. The first-order valence-electron chi connectivity index (χ1n) is 12.1. The lowest BCUT2D eigenvalue weighted by molar-refractivity contribution is 0.0953. The molecule has 2 aromatic carbocycles. The van der Waals surface area contributed by atoms with Gasteiger partial charge in [-0.3, -0.25) is 9.48 Å². The van der Waals surface area contributed by atoms with Gasteiger partial charge in [-0.2, -0.15) is 10.1 Å². The third kappa shape index (κ3) is 6.00. The Labute approximate surface area is 222 Å². The van der Waals surface area contributed by atoms with Crippen LogP contribution < -0.4 is 14.8 Å². The number of carbonyl (C=O) groups is 1. The van der Waals surface area contributed by atoms with Crippen molar-refractivity contribution < 1.29 is 17.9 Å². The van der Waals surface area contributed by atoms with Crippen LogP contribution in [0.3, 0.4) is 0 Å². The second kappa shape index (κ2) is 11.0. The van der Waals surface area contributed by atoms with Crippen molar-refractivity contribution in [2.24, 2.45) is 7.05 Å². The van der Waals surface area contributed by atoms with Crippen molar-refractivity contribution in [3.8, 4) is 22.9 Å². The zero-order valence-electron chi connectivity index (χ0n) is 21.9. The average molecular weight is 535 g/mol. The zero-order valence-corrected chi connectivity index (χ0v) is 22.8. The second-order valence-corrected chi connectivity index (χ2v) is 10.7. The Morgan fingerprint density at radius 3 is 2.39 bits per heavy atom. The molecule has 2 aromatic heterocycles. The molecule has 0 radical (unpaired) electrons. The third-order valence-electron chi connectivity index (χ3n) is 5.84. The highest BCUT2D eigenvalue weighted by Crippen LogP contribution is 2.32. The molecule has 0 aliphatic rings. The zero-order chi connectivity index (χ0) is 27.4. The van der Waals surface area contributed by atoms with E-state index in [-0.39, 0.29) is 22.6 Å². The lowest BCUT2D eigenvalue weighted by atomic mass is 10.00. The Morgan fingerprint density at radius 1 is 1.03 bits per heavy atom. The van der Waals surface area contributed by atoms with Gasteiger partial charge < -0.3 is 10.1 Å². The summed E-state index contributed by atoms with van der Waals surface area (Å²) in [6.45, 7) is 8.32. The van der Waals surface area contributed by atoms with Gasteiger partial charge >= 0.3 is 0 Å². The van der Waals surface area contributed by atoms with Gasteiger partial charge in [0.05, 0.1) is 11.9 Å². The Kier molecular flexibility index (Phi) is 7.77. The number of nitrogens with zero attached hydrogens (tertiary/aromatic N) is 4. The summed E-state index contributed by atoms with van der Waals surface area (Å²) in [5.74, 6) is 0.322. The topological polar surface area (TPSA) is 128 Å². The lowest BCUT2D eigenvalue weighted by Gasteiger charge is -2.14. The monoisotopic (exact) mass is 534 g/mol. The van der Waals surface area contributed by atoms with Crippen LogP contribution in [0.5, 0.6) is 11.6 Å². The van der Waals surface area contributed by atoms with Gasteiger partial charge in [0.2, 0.25) is 11.8 Å². The quantitative estimate of drug-likeness (QED) is 0.323. The molecule has 0 fully saturated rings. The molecule has 4 rings (SSSR count). The van der Waals surface area contributed by atoms with Crippen molar-refractivity contribution in [1.29, 1.82) is 0 Å². The number of benzene rings is 2. The summed E-state index contributed by atoms with van der Waals surface area (Å²) in [7, 11) is -2.36. The molecular weight excluding hydrogens is 504 g/mol. The Balaban J connectivity index is 1.73. The van der Waals surface area contributed by atoms with Crippen LogP contribution in [0.2, 0.25) is 0 Å². The molecule has 4 aromatic rings. The minimum Gasteiger partial charge on any atom is -0.439 e. The fourth-order valence-corrected chi connectivity index (χ4v) is 4.87. The van der Waals surface area contributed by atoms with Crippen LogP contribution in [0.4, 0.5) is 5.95 Å². The van der Waals surface area contributed by atoms with Crippen molar-refractivity contribution in [2.45, 2.75) is 39.0 Å². The highest BCUT2D eigenvalue weighted by molar-refractivity contribution is 7.92. The van der Waals surface area contributed by atoms with Crippen molar-refractivity contribution in [2.75, 3.05) is 11.3 Å². The van der Waals surface area contributed by atoms with Crippen LogP contribution in [-0.4, -0.2) is 40.6 Å². The maximum Gasteiger partial charge on any atom is 0.267 e. The highest BCUT2D eigenvalue weighted by atomic mass is 32.2. The number of rotatable bonds is 9. The number of nitrogens with one attached hydrogen (secondary N) is 2. The van der Waals surface area contributed by atoms with E-state index in [0.717, 1.165) is 28.7 Å². The SMILES string of the molecule is CCCNC(=O)c1ccc(Oc2cc(-c3c(C)cccc3C)nc(NS(=O)(=O)c3cnn(C)c3)n2)c(C)c1. The second-order valence-electron chi connectivity index (χ2n) is 8.98. The van der Waals surface area contributed by atoms with Crippen LogP contribution in [0.15, 0.2) is 59.8 Å². The van der Waals surface area contributed by atoms with Gasteiger partial charge in [0, 0.05) is 37.0 Å². The molecule has 38 heavy (non-hydrogen) atoms. The number of amides is 1. The molecule has 2 heterocycles. The molecule has 0 saturated heterocycles. The summed E-state index contributed by atoms with van der Waals surface area (Å²) in [6, 6.07) is 12.6. The van der Waals surface area contributed by atoms with Gasteiger partial charge in [0.15, 0.2) is 0 Å². The number of hydrogen-bond acceptors (Lipinski definition) is 7. The summed E-state index contributed by atoms with van der Waals surface area (Å²) in [4.78, 5) is 21.2. The largest absolute Gasteiger partial charge is 0.439 e. The summed E-state index contributed by atoms with van der Waals surface area (Å²) in [5.41, 5.74) is 4.53. The molecule has 0 aliphatic heterocycles. The van der Waals surface area contributed by atoms with Crippen LogP contribution in [0.1, 0.15) is 40.4 Å². The molecule has 0 saturated carbocycles. The van der Waals surface area contributed by atoms with Crippen molar-refractivity contribution in [1.82, 2.24) is 25.1 Å². The Bertz CT molecular complexity index is 1580. The standard InChI is InChI=1S/C27H30N6O4S/c1-6-12-28-26(34)20-10-11-23(19(4)13-20)37-24-14-22(25-17(2)8-7-9-18(25)3)30-27(31-24)32-38(35,36)21-15-29-33(5)16-21/h7-11,13-16H,6,12H2,1-5H3,(H,28,34)(H,30,31,32). The van der Waals surface area contributed by atoms with Gasteiger partial charge in [-0.25, -0.2) is 18.1 Å². The van der Waals surface area contributed by atoms with Gasteiger partial charge in [0.25, 0.3) is 15.9 Å². The van der Waals surface area contributed by atoms with Crippen LogP contribution in [0, 0.1) is 20.8 Å². The van der Waals surface area contributed by atoms with Crippen LogP contribution in [0.25, 0.3) is 11.3 Å². The molecule has 2 N–H and O–H groups in total. The normalized spacial score (nSPS) is 11.3. The molecule has 198 valence electrons. The predicted molar refractivity (Wildman–Crippen MR) is 145 cm³/mol. The van der Waals surface area contributed by atoms with Crippen LogP contribution in [-0.2, 0) is 17.1 Å². The average Bonchev–Trinajstić information content (AvgIpc) is 3.31. The third-order valence-corrected chi connectivity index (χ3v) is 7.13. The first kappa shape index (κ1) is 26.8. The van der Waals surface area contributed by atoms with Crippen molar-refractivity contribution in [3.63, 3.8) is 0 Å². The number of sulfonamides is 1. The van der Waals surface area contributed by atoms with Gasteiger partial charge in [-0.05, 0) is 62.1 Å². The maximum absolute atomic E-state index is 13.0. The van der Waals surface area contributed by atoms with E-state index in [2.05, 4.69) is 25.1 Å². The van der Waals surface area contributed by atoms with Crippen LogP contribution >= 0.6 is 0 Å². The molecule has 0 atom stereocenters. The molecule has 0 bridgehead atoms. The molecule has 0 unspecified atom stereocenters. The smallest absolute Gasteiger partial charge is 0.267 e. The van der Waals surface area contributed by atoms with Gasteiger partial charge in [0.1, 0.15) is 10.6 Å². The highest BCUT2D eigenvalue weighted by Gasteiger charge is 2.20. The van der Waals surface area contributed by atoms with E-state index in [0.29, 0.717) is 23.6 Å². The fraction of sp³-hybridized carbons (Fsp3) is 0.259. The van der Waals surface area contributed by atoms with E-state index in [9.17, 15) is 13.2 Å². The van der Waals surface area contributed by atoms with E-state index in [4.69, 9.17) is 4.74 Å². The lowest BCUT2D eigenvalue weighted by Crippen LogP contribution is -2.23. The first-order valence-corrected chi connectivity index (χ1v) is 13.6. The van der Waals surface area contributed by atoms with Gasteiger partial charge in [-0.1, -0.05) is 25.1 Å². The number of ether oxygens (including phenoxy) is 1.